The van der Waals surface area contributed by atoms with Gasteiger partial charge in [0.1, 0.15) is 5.82 Å². The second-order valence-corrected chi connectivity index (χ2v) is 8.43. The Balaban J connectivity index is 1.64. The molecule has 0 spiro atoms. The van der Waals surface area contributed by atoms with Gasteiger partial charge in [-0.25, -0.2) is 9.99 Å². The van der Waals surface area contributed by atoms with Crippen molar-refractivity contribution in [1.82, 2.24) is 15.0 Å². The van der Waals surface area contributed by atoms with Gasteiger partial charge in [0.2, 0.25) is 5.95 Å². The van der Waals surface area contributed by atoms with Gasteiger partial charge in [-0.15, -0.1) is 0 Å². The van der Waals surface area contributed by atoms with Crippen LogP contribution in [-0.2, 0) is 11.2 Å². The number of ether oxygens (including phenoxy) is 2. The zero-order valence-electron chi connectivity index (χ0n) is 20.6. The molecule has 0 bridgehead atoms. The number of nitrogens with two attached hydrogens (primary N) is 2. The predicted octanol–water partition coefficient (Wildman–Crippen LogP) is 3.98. The molecule has 9 heteroatoms. The molecule has 186 valence electrons. The van der Waals surface area contributed by atoms with Gasteiger partial charge in [0, 0.05) is 29.8 Å². The van der Waals surface area contributed by atoms with Crippen molar-refractivity contribution in [3.05, 3.63) is 76.5 Å². The fourth-order valence-corrected chi connectivity index (χ4v) is 4.34. The molecule has 1 unspecified atom stereocenters. The summed E-state index contributed by atoms with van der Waals surface area (Å²) in [6.45, 7) is 2.10. The van der Waals surface area contributed by atoms with Crippen LogP contribution in [0, 0.1) is 0 Å². The molecule has 1 aromatic heterocycles. The highest BCUT2D eigenvalue weighted by molar-refractivity contribution is 5.95. The number of methoxy groups -OCH3 is 2. The number of fused-ring (bicyclic) bond motifs is 1. The number of hydrazone groups is 1. The number of amides is 1. The standard InChI is InChI=1S/C27H30N6O3/c1-4-7-22-21-9-6-5-8-19(21)16-31-33(22)24(34)11-10-18-12-17(14-23(35-2)25(18)36-3)13-20-15-30-27(29)32-26(20)28/h5-6,8-12,14-16,22H,4,7,13H2,1-3H3,(H4,28,29,30,32). The van der Waals surface area contributed by atoms with Crippen molar-refractivity contribution in [2.75, 3.05) is 25.7 Å². The van der Waals surface area contributed by atoms with Crippen molar-refractivity contribution in [1.29, 1.82) is 0 Å². The molecule has 1 amide bonds. The number of hydrogen-bond donors (Lipinski definition) is 2. The number of rotatable bonds is 8. The van der Waals surface area contributed by atoms with Crippen LogP contribution in [0.4, 0.5) is 11.8 Å². The SMILES string of the molecule is CCCC1c2ccccc2C=NN1C(=O)C=Cc1cc(Cc2cnc(N)nc2N)cc(OC)c1OC. The third kappa shape index (κ3) is 5.14. The van der Waals surface area contributed by atoms with E-state index in [0.29, 0.717) is 29.3 Å². The zero-order valence-corrected chi connectivity index (χ0v) is 20.6. The molecule has 1 aliphatic rings. The lowest BCUT2D eigenvalue weighted by molar-refractivity contribution is -0.128. The minimum Gasteiger partial charge on any atom is -0.493 e. The van der Waals surface area contributed by atoms with E-state index < -0.39 is 0 Å². The van der Waals surface area contributed by atoms with E-state index in [1.54, 1.807) is 37.7 Å². The first-order valence-electron chi connectivity index (χ1n) is 11.7. The van der Waals surface area contributed by atoms with Gasteiger partial charge in [0.15, 0.2) is 11.5 Å². The summed E-state index contributed by atoms with van der Waals surface area (Å²) < 4.78 is 11.2. The normalized spacial score (nSPS) is 14.6. The van der Waals surface area contributed by atoms with E-state index in [2.05, 4.69) is 28.1 Å². The summed E-state index contributed by atoms with van der Waals surface area (Å²) in [6.07, 6.45) is 8.75. The summed E-state index contributed by atoms with van der Waals surface area (Å²) in [5.41, 5.74) is 16.1. The van der Waals surface area contributed by atoms with Crippen LogP contribution in [0.15, 0.2) is 53.8 Å². The van der Waals surface area contributed by atoms with Gasteiger partial charge in [-0.3, -0.25) is 4.79 Å². The number of aromatic nitrogens is 2. The van der Waals surface area contributed by atoms with E-state index in [1.807, 2.05) is 30.3 Å². The number of carbonyl (C=O) groups is 1. The molecular weight excluding hydrogens is 456 g/mol. The summed E-state index contributed by atoms with van der Waals surface area (Å²) in [7, 11) is 3.13. The van der Waals surface area contributed by atoms with Crippen LogP contribution in [0.2, 0.25) is 0 Å². The van der Waals surface area contributed by atoms with E-state index in [1.165, 1.54) is 6.08 Å². The third-order valence-corrected chi connectivity index (χ3v) is 6.04. The monoisotopic (exact) mass is 486 g/mol. The summed E-state index contributed by atoms with van der Waals surface area (Å²) in [5, 5.41) is 6.01. The van der Waals surface area contributed by atoms with Crippen molar-refractivity contribution in [2.45, 2.75) is 32.2 Å². The molecule has 0 saturated heterocycles. The van der Waals surface area contributed by atoms with Gasteiger partial charge in [-0.05, 0) is 41.3 Å². The number of benzene rings is 2. The van der Waals surface area contributed by atoms with Gasteiger partial charge in [-0.2, -0.15) is 10.1 Å². The average molecular weight is 487 g/mol. The molecule has 36 heavy (non-hydrogen) atoms. The van der Waals surface area contributed by atoms with Crippen molar-refractivity contribution in [3.8, 4) is 11.5 Å². The maximum Gasteiger partial charge on any atom is 0.267 e. The van der Waals surface area contributed by atoms with Gasteiger partial charge in [0.25, 0.3) is 5.91 Å². The van der Waals surface area contributed by atoms with Crippen LogP contribution in [-0.4, -0.2) is 41.3 Å². The van der Waals surface area contributed by atoms with Gasteiger partial charge >= 0.3 is 0 Å². The minimum atomic E-state index is -0.221. The van der Waals surface area contributed by atoms with Crippen LogP contribution >= 0.6 is 0 Å². The van der Waals surface area contributed by atoms with Gasteiger partial charge in [0.05, 0.1) is 26.5 Å². The largest absolute Gasteiger partial charge is 0.493 e. The quantitative estimate of drug-likeness (QED) is 0.461. The third-order valence-electron chi connectivity index (χ3n) is 6.04. The maximum atomic E-state index is 13.3. The van der Waals surface area contributed by atoms with Crippen LogP contribution < -0.4 is 20.9 Å². The summed E-state index contributed by atoms with van der Waals surface area (Å²) >= 11 is 0. The van der Waals surface area contributed by atoms with Crippen molar-refractivity contribution in [3.63, 3.8) is 0 Å². The van der Waals surface area contributed by atoms with Gasteiger partial charge < -0.3 is 20.9 Å². The Bertz CT molecular complexity index is 1320. The molecule has 3 aromatic rings. The van der Waals surface area contributed by atoms with Crippen LogP contribution in [0.1, 0.15) is 53.6 Å². The molecule has 9 nitrogen and oxygen atoms in total. The lowest BCUT2D eigenvalue weighted by Crippen LogP contribution is -2.32. The van der Waals surface area contributed by atoms with E-state index in [-0.39, 0.29) is 17.9 Å². The Morgan fingerprint density at radius 1 is 1.17 bits per heavy atom. The summed E-state index contributed by atoms with van der Waals surface area (Å²) in [5.74, 6) is 1.27. The Morgan fingerprint density at radius 2 is 1.97 bits per heavy atom. The Hall–Kier alpha value is -4.40. The lowest BCUT2D eigenvalue weighted by Gasteiger charge is -2.31. The molecule has 4 N–H and O–H groups in total. The second kappa shape index (κ2) is 10.9. The molecule has 4 rings (SSSR count). The van der Waals surface area contributed by atoms with Crippen LogP contribution in [0.3, 0.4) is 0 Å². The van der Waals surface area contributed by atoms with Crippen molar-refractivity contribution < 1.29 is 14.3 Å². The van der Waals surface area contributed by atoms with E-state index in [4.69, 9.17) is 20.9 Å². The highest BCUT2D eigenvalue weighted by Crippen LogP contribution is 2.35. The molecule has 1 aliphatic heterocycles. The summed E-state index contributed by atoms with van der Waals surface area (Å²) in [6, 6.07) is 11.7. The molecule has 0 fully saturated rings. The molecule has 0 saturated carbocycles. The molecule has 2 aromatic carbocycles. The smallest absolute Gasteiger partial charge is 0.267 e. The lowest BCUT2D eigenvalue weighted by atomic mass is 9.95. The fourth-order valence-electron chi connectivity index (χ4n) is 4.34. The predicted molar refractivity (Wildman–Crippen MR) is 141 cm³/mol. The second-order valence-electron chi connectivity index (χ2n) is 8.43. The number of anilines is 2. The van der Waals surface area contributed by atoms with Crippen molar-refractivity contribution >= 4 is 30.0 Å². The number of carbonyl (C=O) groups excluding carboxylic acids is 1. The van der Waals surface area contributed by atoms with Crippen LogP contribution in [0.5, 0.6) is 11.5 Å². The molecule has 0 aliphatic carbocycles. The van der Waals surface area contributed by atoms with E-state index >= 15 is 0 Å². The summed E-state index contributed by atoms with van der Waals surface area (Å²) in [4.78, 5) is 21.3. The topological polar surface area (TPSA) is 129 Å². The fraction of sp³-hybridized carbons (Fsp3) is 0.259. The van der Waals surface area contributed by atoms with Gasteiger partial charge in [-0.1, -0.05) is 37.6 Å². The first-order valence-corrected chi connectivity index (χ1v) is 11.7. The highest BCUT2D eigenvalue weighted by atomic mass is 16.5. The maximum absolute atomic E-state index is 13.3. The molecule has 2 heterocycles. The molecule has 0 radical (unpaired) electrons. The first kappa shape index (κ1) is 24.7. The Morgan fingerprint density at radius 3 is 2.69 bits per heavy atom. The molecule has 1 atom stereocenters. The first-order chi connectivity index (χ1) is 17.4. The van der Waals surface area contributed by atoms with E-state index in [9.17, 15) is 4.79 Å². The number of hydrogen-bond acceptors (Lipinski definition) is 8. The minimum absolute atomic E-state index is 0.120. The van der Waals surface area contributed by atoms with E-state index in [0.717, 1.165) is 35.1 Å². The Kier molecular flexibility index (Phi) is 7.48. The molecular formula is C27H30N6O3. The van der Waals surface area contributed by atoms with Crippen LogP contribution in [0.25, 0.3) is 6.08 Å². The van der Waals surface area contributed by atoms with Crippen molar-refractivity contribution in [2.24, 2.45) is 5.10 Å². The zero-order chi connectivity index (χ0) is 25.7. The number of nitrogen functional groups attached to an aromatic ring is 2. The average Bonchev–Trinajstić information content (AvgIpc) is 2.88. The Labute approximate surface area is 210 Å². The number of nitrogens with zero attached hydrogens (tertiary/aromatic N) is 4. The highest BCUT2D eigenvalue weighted by Gasteiger charge is 2.27.